The van der Waals surface area contributed by atoms with Gasteiger partial charge in [0, 0.05) is 25.6 Å². The molecule has 3 nitrogen and oxygen atoms in total. The average molecular weight is 304 g/mol. The second-order valence-electron chi connectivity index (χ2n) is 5.61. The number of hydrogen-bond acceptors (Lipinski definition) is 2. The zero-order valence-corrected chi connectivity index (χ0v) is 13.5. The van der Waals surface area contributed by atoms with Crippen LogP contribution >= 0.6 is 11.6 Å². The minimum Gasteiger partial charge on any atom is -0.311 e. The molecule has 0 fully saturated rings. The summed E-state index contributed by atoms with van der Waals surface area (Å²) in [5.41, 5.74) is 5.11. The number of halogens is 1. The van der Waals surface area contributed by atoms with Gasteiger partial charge in [-0.1, -0.05) is 42.8 Å². The first-order valence-electron chi connectivity index (χ1n) is 7.77. The molecule has 112 valence electrons. The summed E-state index contributed by atoms with van der Waals surface area (Å²) in [6.45, 7) is 6.86. The minimum absolute atomic E-state index is 0.642. The first-order valence-corrected chi connectivity index (χ1v) is 8.14. The normalized spacial score (nSPS) is 16.6. The van der Waals surface area contributed by atoms with E-state index in [9.17, 15) is 0 Å². The van der Waals surface area contributed by atoms with Crippen molar-refractivity contribution in [3.63, 3.8) is 0 Å². The van der Waals surface area contributed by atoms with Gasteiger partial charge in [0.25, 0.3) is 0 Å². The fourth-order valence-corrected chi connectivity index (χ4v) is 3.43. The molecule has 1 N–H and O–H groups in total. The first kappa shape index (κ1) is 14.6. The molecule has 21 heavy (non-hydrogen) atoms. The van der Waals surface area contributed by atoms with E-state index < -0.39 is 0 Å². The minimum atomic E-state index is 0.642. The molecule has 0 saturated carbocycles. The molecule has 1 aromatic heterocycles. The molecule has 1 heterocycles. The van der Waals surface area contributed by atoms with E-state index in [2.05, 4.69) is 48.5 Å². The molecule has 1 unspecified atom stereocenters. The lowest BCUT2D eigenvalue weighted by atomic mass is 9.77. The maximum Gasteiger partial charge on any atom is 0.0863 e. The van der Waals surface area contributed by atoms with Gasteiger partial charge in [-0.05, 0) is 30.9 Å². The average Bonchev–Trinajstić information content (AvgIpc) is 2.79. The van der Waals surface area contributed by atoms with Crippen molar-refractivity contribution in [1.29, 1.82) is 0 Å². The van der Waals surface area contributed by atoms with Crippen molar-refractivity contribution < 1.29 is 0 Å². The number of nitrogens with one attached hydrogen (secondary N) is 1. The van der Waals surface area contributed by atoms with Gasteiger partial charge in [0.1, 0.15) is 0 Å². The quantitative estimate of drug-likeness (QED) is 0.884. The Morgan fingerprint density at radius 3 is 2.86 bits per heavy atom. The maximum atomic E-state index is 6.43. The highest BCUT2D eigenvalue weighted by atomic mass is 35.5. The van der Waals surface area contributed by atoms with Crippen LogP contribution in [-0.2, 0) is 25.9 Å². The predicted octanol–water partition coefficient (Wildman–Crippen LogP) is 3.55. The zero-order chi connectivity index (χ0) is 14.8. The number of aryl methyl sites for hydroxylation is 2. The number of aromatic nitrogens is 2. The molecule has 1 aliphatic rings. The third-order valence-electron chi connectivity index (χ3n) is 4.34. The summed E-state index contributed by atoms with van der Waals surface area (Å²) in [4.78, 5) is 0. The van der Waals surface area contributed by atoms with Gasteiger partial charge in [0.15, 0.2) is 0 Å². The lowest BCUT2D eigenvalue weighted by molar-refractivity contribution is 0.515. The van der Waals surface area contributed by atoms with Crippen molar-refractivity contribution >= 4 is 11.6 Å². The second kappa shape index (κ2) is 6.20. The molecule has 1 aromatic carbocycles. The highest BCUT2D eigenvalue weighted by Crippen LogP contribution is 2.34. The summed E-state index contributed by atoms with van der Waals surface area (Å²) in [7, 11) is 0. The van der Waals surface area contributed by atoms with Crippen LogP contribution in [0.5, 0.6) is 0 Å². The van der Waals surface area contributed by atoms with E-state index >= 15 is 0 Å². The van der Waals surface area contributed by atoms with Crippen LogP contribution in [0, 0.1) is 0 Å². The van der Waals surface area contributed by atoms with E-state index in [-0.39, 0.29) is 0 Å². The Morgan fingerprint density at radius 2 is 2.14 bits per heavy atom. The number of benzene rings is 1. The van der Waals surface area contributed by atoms with Crippen LogP contribution in [0.3, 0.4) is 0 Å². The van der Waals surface area contributed by atoms with Gasteiger partial charge < -0.3 is 5.32 Å². The third kappa shape index (κ3) is 2.72. The molecule has 0 saturated heterocycles. The van der Waals surface area contributed by atoms with Crippen LogP contribution in [0.1, 0.15) is 42.3 Å². The third-order valence-corrected chi connectivity index (χ3v) is 4.77. The van der Waals surface area contributed by atoms with E-state index in [1.165, 1.54) is 17.5 Å². The second-order valence-corrected chi connectivity index (χ2v) is 5.99. The zero-order valence-electron chi connectivity index (χ0n) is 12.7. The van der Waals surface area contributed by atoms with Crippen LogP contribution in [0.4, 0.5) is 0 Å². The molecule has 0 aliphatic heterocycles. The molecule has 0 bridgehead atoms. The van der Waals surface area contributed by atoms with Gasteiger partial charge in [-0.25, -0.2) is 0 Å². The van der Waals surface area contributed by atoms with Crippen LogP contribution < -0.4 is 5.32 Å². The first-order chi connectivity index (χ1) is 10.2. The summed E-state index contributed by atoms with van der Waals surface area (Å²) in [5.74, 6) is 0.642. The number of fused-ring (bicyclic) bond motifs is 1. The maximum absolute atomic E-state index is 6.43. The smallest absolute Gasteiger partial charge is 0.0863 e. The van der Waals surface area contributed by atoms with Gasteiger partial charge >= 0.3 is 0 Å². The Labute approximate surface area is 131 Å². The highest BCUT2D eigenvalue weighted by Gasteiger charge is 2.25. The van der Waals surface area contributed by atoms with E-state index in [0.717, 1.165) is 42.5 Å². The van der Waals surface area contributed by atoms with Crippen molar-refractivity contribution in [2.75, 3.05) is 6.54 Å². The van der Waals surface area contributed by atoms with Crippen molar-refractivity contribution in [3.8, 4) is 0 Å². The monoisotopic (exact) mass is 303 g/mol. The topological polar surface area (TPSA) is 29.9 Å². The van der Waals surface area contributed by atoms with Gasteiger partial charge in [-0.3, -0.25) is 4.68 Å². The fourth-order valence-electron chi connectivity index (χ4n) is 3.10. The molecule has 2 aromatic rings. The van der Waals surface area contributed by atoms with Gasteiger partial charge in [0.2, 0.25) is 0 Å². The summed E-state index contributed by atoms with van der Waals surface area (Å²) in [6.07, 6.45) is 2.07. The highest BCUT2D eigenvalue weighted by molar-refractivity contribution is 6.31. The van der Waals surface area contributed by atoms with Crippen molar-refractivity contribution in [2.45, 2.75) is 45.7 Å². The SMILES string of the molecule is CCc1nn(CC)c(CNCC2Cc3ccccc32)c1Cl. The summed E-state index contributed by atoms with van der Waals surface area (Å²) >= 11 is 6.43. The molecule has 4 heteroatoms. The lowest BCUT2D eigenvalue weighted by Gasteiger charge is -2.30. The molecule has 1 atom stereocenters. The molecular weight excluding hydrogens is 282 g/mol. The molecule has 0 radical (unpaired) electrons. The van der Waals surface area contributed by atoms with E-state index in [4.69, 9.17) is 11.6 Å². The molecule has 3 rings (SSSR count). The Kier molecular flexibility index (Phi) is 4.32. The number of hydrogen-bond donors (Lipinski definition) is 1. The molecule has 1 aliphatic carbocycles. The fraction of sp³-hybridized carbons (Fsp3) is 0.471. The summed E-state index contributed by atoms with van der Waals surface area (Å²) in [5, 5.41) is 8.95. The Hall–Kier alpha value is -1.32. The standard InChI is InChI=1S/C17H22ClN3/c1-3-15-17(18)16(21(4-2)20-15)11-19-10-13-9-12-7-5-6-8-14(12)13/h5-8,13,19H,3-4,9-11H2,1-2H3. The Morgan fingerprint density at radius 1 is 1.33 bits per heavy atom. The number of nitrogens with zero attached hydrogens (tertiary/aromatic N) is 2. The predicted molar refractivity (Wildman–Crippen MR) is 86.9 cm³/mol. The van der Waals surface area contributed by atoms with E-state index in [1.54, 1.807) is 0 Å². The molecule has 0 amide bonds. The molecular formula is C17H22ClN3. The van der Waals surface area contributed by atoms with Crippen LogP contribution in [0.25, 0.3) is 0 Å². The lowest BCUT2D eigenvalue weighted by Crippen LogP contribution is -2.29. The largest absolute Gasteiger partial charge is 0.311 e. The van der Waals surface area contributed by atoms with Crippen LogP contribution in [0.15, 0.2) is 24.3 Å². The number of rotatable bonds is 6. The van der Waals surface area contributed by atoms with E-state index in [0.29, 0.717) is 5.92 Å². The van der Waals surface area contributed by atoms with Crippen LogP contribution in [0.2, 0.25) is 5.02 Å². The van der Waals surface area contributed by atoms with Crippen molar-refractivity contribution in [2.24, 2.45) is 0 Å². The van der Waals surface area contributed by atoms with Crippen molar-refractivity contribution in [3.05, 3.63) is 51.8 Å². The Balaban J connectivity index is 1.61. The Bertz CT molecular complexity index is 633. The van der Waals surface area contributed by atoms with Crippen LogP contribution in [-0.4, -0.2) is 16.3 Å². The summed E-state index contributed by atoms with van der Waals surface area (Å²) in [6, 6.07) is 8.71. The molecule has 0 spiro atoms. The van der Waals surface area contributed by atoms with Gasteiger partial charge in [-0.2, -0.15) is 5.10 Å². The van der Waals surface area contributed by atoms with E-state index in [1.807, 2.05) is 4.68 Å². The van der Waals surface area contributed by atoms with Gasteiger partial charge in [0.05, 0.1) is 16.4 Å². The van der Waals surface area contributed by atoms with Gasteiger partial charge in [-0.15, -0.1) is 0 Å². The van der Waals surface area contributed by atoms with Crippen molar-refractivity contribution in [1.82, 2.24) is 15.1 Å². The summed E-state index contributed by atoms with van der Waals surface area (Å²) < 4.78 is 2.02.